The summed E-state index contributed by atoms with van der Waals surface area (Å²) < 4.78 is 17.6. The van der Waals surface area contributed by atoms with Gasteiger partial charge in [0.05, 0.1) is 40.5 Å². The lowest BCUT2D eigenvalue weighted by Crippen LogP contribution is -2.44. The Morgan fingerprint density at radius 2 is 1.85 bits per heavy atom. The van der Waals surface area contributed by atoms with E-state index in [1.54, 1.807) is 56.5 Å². The smallest absolute Gasteiger partial charge is 0.343 e. The normalized spacial score (nSPS) is 17.5. The number of rotatable bonds is 7. The molecular weight excluding hydrogens is 548 g/mol. The fourth-order valence-electron chi connectivity index (χ4n) is 5.36. The number of hydrogen-bond donors (Lipinski definition) is 1. The number of hydrogen-bond acceptors (Lipinski definition) is 10. The molecule has 0 fully saturated rings. The quantitative estimate of drug-likeness (QED) is 0.255. The number of aliphatic hydroxyl groups is 1. The fourth-order valence-corrected chi connectivity index (χ4v) is 5.91. The molecule has 2 aliphatic rings. The van der Waals surface area contributed by atoms with E-state index in [1.165, 1.54) is 0 Å². The number of cyclic esters (lactones) is 1. The van der Waals surface area contributed by atoms with Crippen LogP contribution < -0.4 is 10.3 Å². The van der Waals surface area contributed by atoms with Crippen molar-refractivity contribution in [3.63, 3.8) is 0 Å². The number of ether oxygens (including phenoxy) is 3. The average Bonchev–Trinajstić information content (AvgIpc) is 3.27. The van der Waals surface area contributed by atoms with Crippen molar-refractivity contribution in [2.75, 3.05) is 11.5 Å². The molecule has 0 spiro atoms. The van der Waals surface area contributed by atoms with Gasteiger partial charge in [-0.1, -0.05) is 13.8 Å². The van der Waals surface area contributed by atoms with Gasteiger partial charge in [0.25, 0.3) is 5.56 Å². The van der Waals surface area contributed by atoms with Crippen LogP contribution in [0.2, 0.25) is 0 Å². The van der Waals surface area contributed by atoms with E-state index in [9.17, 15) is 24.3 Å². The summed E-state index contributed by atoms with van der Waals surface area (Å²) in [6.07, 6.45) is 0.703. The summed E-state index contributed by atoms with van der Waals surface area (Å²) in [7, 11) is 0. The van der Waals surface area contributed by atoms with Crippen molar-refractivity contribution < 1.29 is 33.7 Å². The van der Waals surface area contributed by atoms with Gasteiger partial charge in [0.2, 0.25) is 0 Å². The lowest BCUT2D eigenvalue weighted by molar-refractivity contribution is -0.172. The maximum atomic E-state index is 13.5. The van der Waals surface area contributed by atoms with Crippen LogP contribution in [0.4, 0.5) is 0 Å². The van der Waals surface area contributed by atoms with Gasteiger partial charge in [0.15, 0.2) is 5.60 Å². The van der Waals surface area contributed by atoms with Gasteiger partial charge in [-0.05, 0) is 63.4 Å². The number of aromatic nitrogens is 2. The Balaban J connectivity index is 1.43. The number of thioether (sulfide) groups is 1. The lowest BCUT2D eigenvalue weighted by atomic mass is 9.86. The van der Waals surface area contributed by atoms with Crippen LogP contribution in [-0.2, 0) is 49.0 Å². The van der Waals surface area contributed by atoms with Crippen molar-refractivity contribution in [2.45, 2.75) is 71.8 Å². The highest BCUT2D eigenvalue weighted by Crippen LogP contribution is 2.40. The molecule has 1 N–H and O–H groups in total. The summed E-state index contributed by atoms with van der Waals surface area (Å²) in [6, 6.07) is 6.86. The largest absolute Gasteiger partial charge is 0.459 e. The first-order valence-electron chi connectivity index (χ1n) is 13.5. The van der Waals surface area contributed by atoms with Crippen molar-refractivity contribution in [1.29, 1.82) is 0 Å². The van der Waals surface area contributed by atoms with Crippen LogP contribution in [0.15, 0.2) is 29.1 Å². The standard InChI is InChI=1S/C30H32N2O8S/c1-6-17-18-10-16(39-24(33)14-41-15-25(34)40-29(3,4)5)8-9-22(18)31-26-19(17)12-32-23(26)11-21-20(27(32)35)13-38-28(36)30(21,37)7-2/h8-11,37H,6-7,12-15H2,1-5H3/t30-/m0/s1. The summed E-state index contributed by atoms with van der Waals surface area (Å²) in [5.41, 5.74) is 1.38. The summed E-state index contributed by atoms with van der Waals surface area (Å²) in [4.78, 5) is 55.1. The van der Waals surface area contributed by atoms with Crippen LogP contribution in [0.3, 0.4) is 0 Å². The number of esters is 3. The number of aryl methyl sites for hydroxylation is 1. The molecule has 1 atom stereocenters. The van der Waals surface area contributed by atoms with Crippen molar-refractivity contribution in [3.8, 4) is 17.1 Å². The zero-order chi connectivity index (χ0) is 29.7. The molecule has 5 rings (SSSR count). The average molecular weight is 581 g/mol. The predicted molar refractivity (Wildman–Crippen MR) is 153 cm³/mol. The van der Waals surface area contributed by atoms with Crippen LogP contribution in [0.5, 0.6) is 5.75 Å². The molecule has 3 aromatic rings. The molecule has 4 heterocycles. The Labute approximate surface area is 241 Å². The molecule has 10 nitrogen and oxygen atoms in total. The first-order chi connectivity index (χ1) is 19.4. The Hall–Kier alpha value is -3.70. The van der Waals surface area contributed by atoms with Crippen LogP contribution in [0.1, 0.15) is 63.3 Å². The number of fused-ring (bicyclic) bond motifs is 5. The van der Waals surface area contributed by atoms with Gasteiger partial charge < -0.3 is 23.9 Å². The van der Waals surface area contributed by atoms with Gasteiger partial charge in [-0.15, -0.1) is 11.8 Å². The third kappa shape index (κ3) is 5.24. The van der Waals surface area contributed by atoms with E-state index in [4.69, 9.17) is 19.2 Å². The molecule has 216 valence electrons. The summed E-state index contributed by atoms with van der Waals surface area (Å²) in [5.74, 6) is -1.27. The number of pyridine rings is 2. The van der Waals surface area contributed by atoms with Gasteiger partial charge in [0.1, 0.15) is 18.0 Å². The van der Waals surface area contributed by atoms with Crippen LogP contribution >= 0.6 is 11.8 Å². The zero-order valence-corrected chi connectivity index (χ0v) is 24.5. The number of benzene rings is 1. The van der Waals surface area contributed by atoms with Crippen molar-refractivity contribution in [1.82, 2.24) is 9.55 Å². The van der Waals surface area contributed by atoms with Crippen LogP contribution in [0, 0.1) is 0 Å². The molecule has 41 heavy (non-hydrogen) atoms. The zero-order valence-electron chi connectivity index (χ0n) is 23.7. The van der Waals surface area contributed by atoms with Gasteiger partial charge in [-0.25, -0.2) is 9.78 Å². The third-order valence-corrected chi connectivity index (χ3v) is 8.10. The minimum Gasteiger partial charge on any atom is -0.459 e. The van der Waals surface area contributed by atoms with Crippen molar-refractivity contribution in [2.24, 2.45) is 0 Å². The molecule has 0 amide bonds. The molecule has 0 bridgehead atoms. The molecule has 2 aliphatic heterocycles. The molecule has 0 radical (unpaired) electrons. The summed E-state index contributed by atoms with van der Waals surface area (Å²) >= 11 is 1.12. The van der Waals surface area contributed by atoms with E-state index in [1.807, 2.05) is 6.92 Å². The first kappa shape index (κ1) is 28.8. The van der Waals surface area contributed by atoms with E-state index in [0.717, 1.165) is 28.3 Å². The van der Waals surface area contributed by atoms with Gasteiger partial charge in [0, 0.05) is 16.5 Å². The molecule has 1 aromatic carbocycles. The van der Waals surface area contributed by atoms with Gasteiger partial charge >= 0.3 is 17.9 Å². The minimum atomic E-state index is -1.89. The van der Waals surface area contributed by atoms with E-state index in [-0.39, 0.29) is 47.8 Å². The fraction of sp³-hybridized carbons (Fsp3) is 0.433. The molecule has 11 heteroatoms. The van der Waals surface area contributed by atoms with Gasteiger partial charge in [-0.2, -0.15) is 0 Å². The minimum absolute atomic E-state index is 0.0143. The molecular formula is C30H32N2O8S. The number of carbonyl (C=O) groups excluding carboxylic acids is 3. The Kier molecular flexibility index (Phi) is 7.46. The number of carbonyl (C=O) groups is 3. The van der Waals surface area contributed by atoms with E-state index in [0.29, 0.717) is 29.1 Å². The SMILES string of the molecule is CCc1c2c(nc3ccc(OC(=O)CSCC(=O)OC(C)(C)C)cc13)-c1cc3c(c(=O)n1C2)COC(=O)[C@]3(O)CC. The second-order valence-electron chi connectivity index (χ2n) is 11.1. The maximum absolute atomic E-state index is 13.5. The molecule has 0 saturated carbocycles. The number of nitrogens with zero attached hydrogens (tertiary/aromatic N) is 2. The Bertz CT molecular complexity index is 1660. The molecule has 0 unspecified atom stereocenters. The maximum Gasteiger partial charge on any atom is 0.343 e. The second kappa shape index (κ2) is 10.6. The summed E-state index contributed by atoms with van der Waals surface area (Å²) in [6.45, 7) is 9.11. The molecule has 0 saturated heterocycles. The highest BCUT2D eigenvalue weighted by Gasteiger charge is 2.45. The van der Waals surface area contributed by atoms with Crippen molar-refractivity contribution >= 4 is 40.6 Å². The molecule has 0 aliphatic carbocycles. The predicted octanol–water partition coefficient (Wildman–Crippen LogP) is 3.62. The Morgan fingerprint density at radius 3 is 2.54 bits per heavy atom. The Morgan fingerprint density at radius 1 is 1.12 bits per heavy atom. The van der Waals surface area contributed by atoms with Crippen LogP contribution in [-0.4, -0.2) is 49.7 Å². The van der Waals surface area contributed by atoms with E-state index >= 15 is 0 Å². The van der Waals surface area contributed by atoms with Crippen molar-refractivity contribution in [3.05, 3.63) is 56.9 Å². The lowest BCUT2D eigenvalue weighted by Gasteiger charge is -2.31. The van der Waals surface area contributed by atoms with Gasteiger partial charge in [-0.3, -0.25) is 14.4 Å². The first-order valence-corrected chi connectivity index (χ1v) is 14.6. The third-order valence-electron chi connectivity index (χ3n) is 7.22. The van der Waals surface area contributed by atoms with E-state index < -0.39 is 29.1 Å². The van der Waals surface area contributed by atoms with Crippen LogP contribution in [0.25, 0.3) is 22.3 Å². The topological polar surface area (TPSA) is 134 Å². The molecule has 2 aromatic heterocycles. The monoisotopic (exact) mass is 580 g/mol. The van der Waals surface area contributed by atoms with E-state index in [2.05, 4.69) is 0 Å². The highest BCUT2D eigenvalue weighted by atomic mass is 32.2. The highest BCUT2D eigenvalue weighted by molar-refractivity contribution is 8.00. The second-order valence-corrected chi connectivity index (χ2v) is 12.1. The summed E-state index contributed by atoms with van der Waals surface area (Å²) in [5, 5.41) is 11.9.